The van der Waals surface area contributed by atoms with Gasteiger partial charge in [-0.25, -0.2) is 9.37 Å². The molecule has 1 atom stereocenters. The van der Waals surface area contributed by atoms with Crippen LogP contribution in [0.5, 0.6) is 0 Å². The first-order valence-corrected chi connectivity index (χ1v) is 11.5. The number of aryl methyl sites for hydroxylation is 2. The summed E-state index contributed by atoms with van der Waals surface area (Å²) in [6.07, 6.45) is 0. The number of amides is 1. The number of aliphatic hydroxyl groups excluding tert-OH is 1. The molecule has 0 fully saturated rings. The van der Waals surface area contributed by atoms with Crippen LogP contribution in [0.15, 0.2) is 65.2 Å². The number of aromatic nitrogens is 1. The van der Waals surface area contributed by atoms with E-state index in [4.69, 9.17) is 0 Å². The fourth-order valence-corrected chi connectivity index (χ4v) is 5.87. The minimum Gasteiger partial charge on any atom is -0.503 e. The van der Waals surface area contributed by atoms with E-state index in [9.17, 15) is 19.1 Å². The molecule has 0 saturated heterocycles. The average molecular weight is 465 g/mol. The van der Waals surface area contributed by atoms with Crippen LogP contribution >= 0.6 is 22.7 Å². The van der Waals surface area contributed by atoms with E-state index in [0.717, 1.165) is 21.3 Å². The summed E-state index contributed by atoms with van der Waals surface area (Å²) in [6.45, 7) is 3.90. The molecule has 0 aliphatic carbocycles. The van der Waals surface area contributed by atoms with E-state index in [1.807, 2.05) is 26.0 Å². The predicted octanol–water partition coefficient (Wildman–Crippen LogP) is 5.90. The number of anilines is 1. The van der Waals surface area contributed by atoms with Crippen LogP contribution in [0.25, 0.3) is 10.2 Å². The van der Waals surface area contributed by atoms with E-state index in [1.165, 1.54) is 45.8 Å². The molecule has 0 bridgehead atoms. The minimum absolute atomic E-state index is 0.122. The first kappa shape index (κ1) is 20.5. The third-order valence-corrected chi connectivity index (χ3v) is 7.29. The normalized spacial score (nSPS) is 16.4. The third kappa shape index (κ3) is 3.14. The fourth-order valence-electron chi connectivity index (χ4n) is 4.03. The number of carbonyl (C=O) groups is 2. The van der Waals surface area contributed by atoms with Crippen LogP contribution in [0.2, 0.25) is 0 Å². The van der Waals surface area contributed by atoms with Crippen molar-refractivity contribution in [1.29, 1.82) is 0 Å². The zero-order valence-corrected chi connectivity index (χ0v) is 18.8. The Balaban J connectivity index is 1.72. The van der Waals surface area contributed by atoms with Gasteiger partial charge in [0.1, 0.15) is 11.9 Å². The van der Waals surface area contributed by atoms with E-state index in [-0.39, 0.29) is 11.1 Å². The number of carbonyl (C=O) groups excluding carboxylic acids is 2. The molecule has 0 unspecified atom stereocenters. The standard InChI is InChI=1S/C24H17FN2O3S2/c1-12-10-13(2)19-17(11-12)32-24(26-19)27-20(14-6-3-4-7-15(14)25)18(22(29)23(27)30)21(28)16-8-5-9-31-16/h3-11,20,29H,1-2H3/t20-/m1/s1. The van der Waals surface area contributed by atoms with Gasteiger partial charge >= 0.3 is 0 Å². The molecule has 1 amide bonds. The maximum Gasteiger partial charge on any atom is 0.296 e. The first-order chi connectivity index (χ1) is 15.4. The van der Waals surface area contributed by atoms with Gasteiger partial charge in [0, 0.05) is 5.56 Å². The van der Waals surface area contributed by atoms with Crippen LogP contribution < -0.4 is 4.90 Å². The number of fused-ring (bicyclic) bond motifs is 1. The quantitative estimate of drug-likeness (QED) is 0.382. The second kappa shape index (κ2) is 7.65. The van der Waals surface area contributed by atoms with Gasteiger partial charge in [-0.3, -0.25) is 14.5 Å². The zero-order valence-electron chi connectivity index (χ0n) is 17.1. The molecule has 5 nitrogen and oxygen atoms in total. The molecule has 0 spiro atoms. The van der Waals surface area contributed by atoms with Crippen molar-refractivity contribution in [3.8, 4) is 0 Å². The number of nitrogens with zero attached hydrogens (tertiary/aromatic N) is 2. The molecule has 8 heteroatoms. The van der Waals surface area contributed by atoms with E-state index >= 15 is 0 Å². The lowest BCUT2D eigenvalue weighted by molar-refractivity contribution is -0.117. The SMILES string of the molecule is Cc1cc(C)c2nc(N3C(=O)C(O)=C(C(=O)c4cccs4)[C@H]3c3ccccc3F)sc2c1. The molecule has 2 aromatic carbocycles. The molecule has 0 radical (unpaired) electrons. The smallest absolute Gasteiger partial charge is 0.296 e. The molecule has 3 heterocycles. The van der Waals surface area contributed by atoms with Crippen molar-refractivity contribution in [3.05, 3.63) is 92.6 Å². The van der Waals surface area contributed by atoms with Gasteiger partial charge in [0.05, 0.1) is 20.7 Å². The summed E-state index contributed by atoms with van der Waals surface area (Å²) in [7, 11) is 0. The second-order valence-corrected chi connectivity index (χ2v) is 9.55. The molecule has 32 heavy (non-hydrogen) atoms. The summed E-state index contributed by atoms with van der Waals surface area (Å²) in [6, 6.07) is 12.1. The summed E-state index contributed by atoms with van der Waals surface area (Å²) in [5, 5.41) is 12.8. The van der Waals surface area contributed by atoms with E-state index in [2.05, 4.69) is 4.98 Å². The molecule has 4 aromatic rings. The topological polar surface area (TPSA) is 70.5 Å². The van der Waals surface area contributed by atoms with Crippen molar-refractivity contribution in [1.82, 2.24) is 4.98 Å². The maximum atomic E-state index is 14.9. The highest BCUT2D eigenvalue weighted by Crippen LogP contribution is 2.45. The number of benzene rings is 2. The molecule has 1 N–H and O–H groups in total. The minimum atomic E-state index is -1.12. The Labute approximate surface area is 191 Å². The molecule has 0 saturated carbocycles. The van der Waals surface area contributed by atoms with Crippen molar-refractivity contribution in [3.63, 3.8) is 0 Å². The number of hydrogen-bond acceptors (Lipinski definition) is 6. The predicted molar refractivity (Wildman–Crippen MR) is 124 cm³/mol. The van der Waals surface area contributed by atoms with E-state index < -0.39 is 29.3 Å². The molecule has 2 aromatic heterocycles. The van der Waals surface area contributed by atoms with Gasteiger partial charge in [0.15, 0.2) is 10.9 Å². The van der Waals surface area contributed by atoms with Crippen LogP contribution in [0.4, 0.5) is 9.52 Å². The number of halogens is 1. The van der Waals surface area contributed by atoms with Crippen molar-refractivity contribution in [2.45, 2.75) is 19.9 Å². The molecule has 5 rings (SSSR count). The summed E-state index contributed by atoms with van der Waals surface area (Å²) < 4.78 is 15.8. The Morgan fingerprint density at radius 1 is 1.16 bits per heavy atom. The lowest BCUT2D eigenvalue weighted by Crippen LogP contribution is -2.31. The van der Waals surface area contributed by atoms with Crippen molar-refractivity contribution in [2.24, 2.45) is 0 Å². The van der Waals surface area contributed by atoms with Crippen molar-refractivity contribution in [2.75, 3.05) is 4.90 Å². The molecular formula is C24H17FN2O3S2. The Hall–Kier alpha value is -3.36. The Bertz CT molecular complexity index is 1420. The first-order valence-electron chi connectivity index (χ1n) is 9.84. The summed E-state index contributed by atoms with van der Waals surface area (Å²) >= 11 is 2.46. The number of Topliss-reactive ketones (excluding diaryl/α,β-unsaturated/α-hetero) is 1. The van der Waals surface area contributed by atoms with E-state index in [0.29, 0.717) is 10.0 Å². The van der Waals surface area contributed by atoms with Crippen LogP contribution in [0.3, 0.4) is 0 Å². The Kier molecular flexibility index (Phi) is 4.91. The number of rotatable bonds is 4. The Morgan fingerprint density at radius 3 is 2.66 bits per heavy atom. The summed E-state index contributed by atoms with van der Waals surface area (Å²) in [4.78, 5) is 32.7. The molecule has 1 aliphatic rings. The highest BCUT2D eigenvalue weighted by atomic mass is 32.1. The van der Waals surface area contributed by atoms with Gasteiger partial charge in [-0.05, 0) is 48.6 Å². The number of hydrogen-bond donors (Lipinski definition) is 1. The maximum absolute atomic E-state index is 14.9. The highest BCUT2D eigenvalue weighted by molar-refractivity contribution is 7.22. The van der Waals surface area contributed by atoms with Crippen LogP contribution in [-0.2, 0) is 4.79 Å². The van der Waals surface area contributed by atoms with E-state index in [1.54, 1.807) is 23.6 Å². The third-order valence-electron chi connectivity index (χ3n) is 5.42. The highest BCUT2D eigenvalue weighted by Gasteiger charge is 2.47. The van der Waals surface area contributed by atoms with Gasteiger partial charge in [-0.15, -0.1) is 11.3 Å². The van der Waals surface area contributed by atoms with Crippen LogP contribution in [0, 0.1) is 19.7 Å². The average Bonchev–Trinajstić information content (AvgIpc) is 3.47. The van der Waals surface area contributed by atoms with Gasteiger partial charge in [0.25, 0.3) is 5.91 Å². The monoisotopic (exact) mass is 464 g/mol. The second-order valence-electron chi connectivity index (χ2n) is 7.59. The molecule has 160 valence electrons. The number of thiophene rings is 1. The number of thiazole rings is 1. The van der Waals surface area contributed by atoms with Gasteiger partial charge in [-0.1, -0.05) is 41.7 Å². The molecule has 1 aliphatic heterocycles. The van der Waals surface area contributed by atoms with Gasteiger partial charge in [-0.2, -0.15) is 0 Å². The molecular weight excluding hydrogens is 447 g/mol. The van der Waals surface area contributed by atoms with Crippen molar-refractivity contribution < 1.29 is 19.1 Å². The fraction of sp³-hybridized carbons (Fsp3) is 0.125. The van der Waals surface area contributed by atoms with Crippen LogP contribution in [-0.4, -0.2) is 21.8 Å². The Morgan fingerprint density at radius 2 is 1.94 bits per heavy atom. The number of aliphatic hydroxyl groups is 1. The van der Waals surface area contributed by atoms with Crippen molar-refractivity contribution >= 4 is 49.7 Å². The van der Waals surface area contributed by atoms with Gasteiger partial charge < -0.3 is 5.11 Å². The summed E-state index contributed by atoms with van der Waals surface area (Å²) in [5.74, 6) is -2.53. The lowest BCUT2D eigenvalue weighted by Gasteiger charge is -2.24. The van der Waals surface area contributed by atoms with Gasteiger partial charge in [0.2, 0.25) is 5.78 Å². The zero-order chi connectivity index (χ0) is 22.6. The largest absolute Gasteiger partial charge is 0.503 e. The lowest BCUT2D eigenvalue weighted by atomic mass is 9.95. The van der Waals surface area contributed by atoms with Crippen LogP contribution in [0.1, 0.15) is 32.4 Å². The summed E-state index contributed by atoms with van der Waals surface area (Å²) in [5.41, 5.74) is 2.71. The number of ketones is 1.